The largest absolute Gasteiger partial charge is 0.462 e. The van der Waals surface area contributed by atoms with E-state index in [2.05, 4.69) is 10.2 Å². The highest BCUT2D eigenvalue weighted by Crippen LogP contribution is 2.10. The molecule has 15 heavy (non-hydrogen) atoms. The molecule has 1 aromatic heterocycles. The maximum atomic E-state index is 11.5. The van der Waals surface area contributed by atoms with Crippen molar-refractivity contribution in [2.45, 2.75) is 26.7 Å². The summed E-state index contributed by atoms with van der Waals surface area (Å²) < 4.78 is 4.99. The molecule has 0 bridgehead atoms. The van der Waals surface area contributed by atoms with E-state index in [1.807, 2.05) is 6.92 Å². The number of ether oxygens (including phenoxy) is 1. The van der Waals surface area contributed by atoms with E-state index in [4.69, 9.17) is 4.74 Å². The lowest BCUT2D eigenvalue weighted by Crippen LogP contribution is -2.09. The Bertz CT molecular complexity index is 358. The van der Waals surface area contributed by atoms with E-state index in [9.17, 15) is 9.59 Å². The molecule has 1 N–H and O–H groups in total. The number of rotatable bonds is 5. The van der Waals surface area contributed by atoms with Crippen molar-refractivity contribution < 1.29 is 14.3 Å². The highest BCUT2D eigenvalue weighted by Gasteiger charge is 2.18. The smallest absolute Gasteiger partial charge is 0.342 e. The summed E-state index contributed by atoms with van der Waals surface area (Å²) in [7, 11) is 0. The number of nitrogens with one attached hydrogen (secondary N) is 1. The van der Waals surface area contributed by atoms with Gasteiger partial charge in [-0.1, -0.05) is 13.3 Å². The van der Waals surface area contributed by atoms with Gasteiger partial charge in [0.05, 0.1) is 6.61 Å². The van der Waals surface area contributed by atoms with E-state index >= 15 is 0 Å². The first-order chi connectivity index (χ1) is 7.20. The Morgan fingerprint density at radius 1 is 1.60 bits per heavy atom. The van der Waals surface area contributed by atoms with E-state index < -0.39 is 5.97 Å². The number of aromatic nitrogens is 2. The van der Waals surface area contributed by atoms with Gasteiger partial charge in [0.25, 0.3) is 0 Å². The molecule has 0 unspecified atom stereocenters. The monoisotopic (exact) mass is 210 g/mol. The molecule has 0 fully saturated rings. The number of carbonyl (C=O) groups is 2. The van der Waals surface area contributed by atoms with Crippen molar-refractivity contribution in [3.8, 4) is 0 Å². The predicted molar refractivity (Wildman–Crippen MR) is 53.9 cm³/mol. The van der Waals surface area contributed by atoms with Gasteiger partial charge in [-0.2, -0.15) is 5.10 Å². The highest BCUT2D eigenvalue weighted by molar-refractivity contribution is 5.98. The van der Waals surface area contributed by atoms with Gasteiger partial charge in [-0.3, -0.25) is 9.89 Å². The first-order valence-electron chi connectivity index (χ1n) is 4.88. The minimum Gasteiger partial charge on any atom is -0.462 e. The molecular formula is C10H14N2O3. The van der Waals surface area contributed by atoms with Crippen LogP contribution in [0.15, 0.2) is 0 Å². The summed E-state index contributed by atoms with van der Waals surface area (Å²) in [6.45, 7) is 4.06. The van der Waals surface area contributed by atoms with Crippen molar-refractivity contribution in [1.82, 2.24) is 10.2 Å². The van der Waals surface area contributed by atoms with E-state index in [1.54, 1.807) is 6.92 Å². The molecule has 1 rings (SSSR count). The third kappa shape index (κ3) is 2.65. The Morgan fingerprint density at radius 3 is 2.93 bits per heavy atom. The maximum Gasteiger partial charge on any atom is 0.342 e. The van der Waals surface area contributed by atoms with Crippen LogP contribution in [-0.4, -0.2) is 29.1 Å². The van der Waals surface area contributed by atoms with Gasteiger partial charge in [0, 0.05) is 5.69 Å². The quantitative estimate of drug-likeness (QED) is 0.454. The Hall–Kier alpha value is -1.65. The van der Waals surface area contributed by atoms with E-state index in [-0.39, 0.29) is 11.3 Å². The molecule has 0 saturated carbocycles. The van der Waals surface area contributed by atoms with Crippen molar-refractivity contribution in [3.63, 3.8) is 0 Å². The number of aromatic amines is 1. The molecule has 0 radical (unpaired) electrons. The van der Waals surface area contributed by atoms with Gasteiger partial charge in [-0.15, -0.1) is 0 Å². The zero-order valence-corrected chi connectivity index (χ0v) is 8.87. The van der Waals surface area contributed by atoms with Gasteiger partial charge in [0.15, 0.2) is 6.29 Å². The molecular weight excluding hydrogens is 196 g/mol. The Kier molecular flexibility index (Phi) is 4.03. The predicted octanol–water partition coefficient (Wildman–Crippen LogP) is 1.49. The fourth-order valence-corrected chi connectivity index (χ4v) is 1.17. The van der Waals surface area contributed by atoms with Crippen LogP contribution < -0.4 is 0 Å². The lowest BCUT2D eigenvalue weighted by Gasteiger charge is -2.02. The van der Waals surface area contributed by atoms with Crippen LogP contribution in [0.4, 0.5) is 0 Å². The van der Waals surface area contributed by atoms with Crippen molar-refractivity contribution in [2.24, 2.45) is 0 Å². The average Bonchev–Trinajstić information content (AvgIpc) is 2.59. The Balaban J connectivity index is 2.72. The van der Waals surface area contributed by atoms with E-state index in [1.165, 1.54) is 0 Å². The fraction of sp³-hybridized carbons (Fsp3) is 0.500. The van der Waals surface area contributed by atoms with Gasteiger partial charge in [0.2, 0.25) is 0 Å². The number of H-pyrrole nitrogens is 1. The summed E-state index contributed by atoms with van der Waals surface area (Å²) >= 11 is 0. The third-order valence-corrected chi connectivity index (χ3v) is 2.02. The van der Waals surface area contributed by atoms with Crippen LogP contribution in [0.1, 0.15) is 46.3 Å². The first-order valence-corrected chi connectivity index (χ1v) is 4.88. The molecule has 0 aliphatic carbocycles. The highest BCUT2D eigenvalue weighted by atomic mass is 16.5. The molecule has 0 saturated heterocycles. The molecule has 1 heterocycles. The van der Waals surface area contributed by atoms with Crippen LogP contribution in [-0.2, 0) is 4.74 Å². The zero-order valence-electron chi connectivity index (χ0n) is 8.87. The second-order valence-corrected chi connectivity index (χ2v) is 3.22. The standard InChI is InChI=1S/C10H14N2O3/c1-3-4-5-15-10(14)9-7(2)11-12-8(9)6-13/h6H,3-5H2,1-2H3,(H,11,12). The molecule has 82 valence electrons. The van der Waals surface area contributed by atoms with E-state index in [0.29, 0.717) is 18.6 Å². The molecule has 0 aromatic carbocycles. The number of aldehydes is 1. The zero-order chi connectivity index (χ0) is 11.3. The molecule has 5 nitrogen and oxygen atoms in total. The summed E-state index contributed by atoms with van der Waals surface area (Å²) in [6, 6.07) is 0. The van der Waals surface area contributed by atoms with Gasteiger partial charge >= 0.3 is 5.97 Å². The topological polar surface area (TPSA) is 72.1 Å². The van der Waals surface area contributed by atoms with Crippen LogP contribution in [0.3, 0.4) is 0 Å². The second kappa shape index (κ2) is 5.29. The molecule has 0 amide bonds. The van der Waals surface area contributed by atoms with Gasteiger partial charge in [-0.05, 0) is 13.3 Å². The lowest BCUT2D eigenvalue weighted by atomic mass is 10.2. The second-order valence-electron chi connectivity index (χ2n) is 3.22. The maximum absolute atomic E-state index is 11.5. The number of esters is 1. The van der Waals surface area contributed by atoms with Gasteiger partial charge in [0.1, 0.15) is 11.3 Å². The average molecular weight is 210 g/mol. The first kappa shape index (κ1) is 11.4. The SMILES string of the molecule is CCCCOC(=O)c1c(C=O)n[nH]c1C. The van der Waals surface area contributed by atoms with Gasteiger partial charge < -0.3 is 4.74 Å². The number of aryl methyl sites for hydroxylation is 1. The lowest BCUT2D eigenvalue weighted by molar-refractivity contribution is 0.0497. The van der Waals surface area contributed by atoms with Crippen LogP contribution in [0.5, 0.6) is 0 Å². The number of nitrogens with zero attached hydrogens (tertiary/aromatic N) is 1. The van der Waals surface area contributed by atoms with Gasteiger partial charge in [-0.25, -0.2) is 4.79 Å². The molecule has 5 heteroatoms. The molecule has 0 aliphatic heterocycles. The summed E-state index contributed by atoms with van der Waals surface area (Å²) in [6.07, 6.45) is 2.32. The van der Waals surface area contributed by atoms with Crippen molar-refractivity contribution in [2.75, 3.05) is 6.61 Å². The third-order valence-electron chi connectivity index (χ3n) is 2.02. The summed E-state index contributed by atoms with van der Waals surface area (Å²) in [4.78, 5) is 22.1. The number of hydrogen-bond donors (Lipinski definition) is 1. The fourth-order valence-electron chi connectivity index (χ4n) is 1.17. The minimum absolute atomic E-state index is 0.106. The van der Waals surface area contributed by atoms with Crippen LogP contribution in [0.25, 0.3) is 0 Å². The van der Waals surface area contributed by atoms with Crippen molar-refractivity contribution in [1.29, 1.82) is 0 Å². The molecule has 0 atom stereocenters. The van der Waals surface area contributed by atoms with Crippen molar-refractivity contribution in [3.05, 3.63) is 17.0 Å². The summed E-state index contributed by atoms with van der Waals surface area (Å²) in [5.74, 6) is -0.489. The summed E-state index contributed by atoms with van der Waals surface area (Å²) in [5.41, 5.74) is 0.897. The Morgan fingerprint density at radius 2 is 2.33 bits per heavy atom. The number of carbonyl (C=O) groups excluding carboxylic acids is 2. The molecule has 0 aliphatic rings. The van der Waals surface area contributed by atoms with Crippen LogP contribution in [0.2, 0.25) is 0 Å². The summed E-state index contributed by atoms with van der Waals surface area (Å²) in [5, 5.41) is 6.27. The molecule has 1 aromatic rings. The number of unbranched alkanes of at least 4 members (excludes halogenated alkanes) is 1. The molecule has 0 spiro atoms. The minimum atomic E-state index is -0.489. The van der Waals surface area contributed by atoms with Crippen LogP contribution >= 0.6 is 0 Å². The van der Waals surface area contributed by atoms with E-state index in [0.717, 1.165) is 12.8 Å². The number of hydrogen-bond acceptors (Lipinski definition) is 4. The van der Waals surface area contributed by atoms with Crippen LogP contribution in [0, 0.1) is 6.92 Å². The van der Waals surface area contributed by atoms with Crippen molar-refractivity contribution >= 4 is 12.3 Å². The normalized spacial score (nSPS) is 10.0. The Labute approximate surface area is 87.8 Å².